The number of amides is 2. The van der Waals surface area contributed by atoms with Gasteiger partial charge in [0.05, 0.1) is 6.04 Å². The number of thiophene rings is 1. The number of alkyl halides is 2. The monoisotopic (exact) mass is 436 g/mol. The second-order valence-electron chi connectivity index (χ2n) is 6.70. The average Bonchev–Trinajstić information content (AvgIpc) is 3.15. The minimum Gasteiger partial charge on any atom is -0.330 e. The highest BCUT2D eigenvalue weighted by Gasteiger charge is 2.34. The fourth-order valence-electron chi connectivity index (χ4n) is 3.59. The Bertz CT molecular complexity index is 881. The molecule has 3 rings (SSSR count). The van der Waals surface area contributed by atoms with Crippen LogP contribution in [0.15, 0.2) is 48.4 Å². The van der Waals surface area contributed by atoms with Gasteiger partial charge >= 0.3 is 0 Å². The number of aryl methyl sites for hydroxylation is 1. The van der Waals surface area contributed by atoms with Crippen LogP contribution in [0.1, 0.15) is 27.6 Å². The smallest absolute Gasteiger partial charge is 0.256 e. The summed E-state index contributed by atoms with van der Waals surface area (Å²) in [4.78, 5) is 28.8. The average molecular weight is 437 g/mol. The number of halogens is 2. The molecule has 0 saturated carbocycles. The quantitative estimate of drug-likeness (QED) is 0.498. The molecule has 1 aromatic heterocycles. The standard InChI is InChI=1S/C21H22Cl2N2O2S/c1-3-10-24(21(27)20(22)23)13-18(26)25-11-8-17-16(9-12-28-17)19(25)15-7-5-4-6-14(15)2/h3-7,9,12,19-20H,1,8,10-11,13H2,2H3. The molecule has 1 aliphatic heterocycles. The highest BCUT2D eigenvalue weighted by atomic mass is 35.5. The van der Waals surface area contributed by atoms with Crippen LogP contribution in [0.4, 0.5) is 0 Å². The number of fused-ring (bicyclic) bond motifs is 1. The Morgan fingerprint density at radius 3 is 2.75 bits per heavy atom. The number of rotatable bonds is 6. The first-order valence-corrected chi connectivity index (χ1v) is 10.8. The minimum absolute atomic E-state index is 0.0807. The van der Waals surface area contributed by atoms with Crippen LogP contribution in [-0.4, -0.2) is 46.1 Å². The minimum atomic E-state index is -1.20. The first-order valence-electron chi connectivity index (χ1n) is 9.03. The van der Waals surface area contributed by atoms with Crippen molar-refractivity contribution in [3.63, 3.8) is 0 Å². The molecule has 0 radical (unpaired) electrons. The molecule has 0 N–H and O–H groups in total. The van der Waals surface area contributed by atoms with Crippen molar-refractivity contribution < 1.29 is 9.59 Å². The summed E-state index contributed by atoms with van der Waals surface area (Å²) < 4.78 is 0. The summed E-state index contributed by atoms with van der Waals surface area (Å²) in [5, 5.41) is 2.07. The molecule has 0 aliphatic carbocycles. The van der Waals surface area contributed by atoms with Gasteiger partial charge in [-0.3, -0.25) is 9.59 Å². The van der Waals surface area contributed by atoms with Crippen LogP contribution in [0.2, 0.25) is 0 Å². The maximum absolute atomic E-state index is 13.3. The number of hydrogen-bond donors (Lipinski definition) is 0. The third-order valence-corrected chi connectivity index (χ3v) is 6.31. The fourth-order valence-corrected chi connectivity index (χ4v) is 4.77. The lowest BCUT2D eigenvalue weighted by atomic mass is 9.90. The van der Waals surface area contributed by atoms with Crippen molar-refractivity contribution in [2.75, 3.05) is 19.6 Å². The zero-order chi connectivity index (χ0) is 20.3. The van der Waals surface area contributed by atoms with E-state index in [4.69, 9.17) is 23.2 Å². The third kappa shape index (κ3) is 4.27. The molecule has 148 valence electrons. The fraction of sp³-hybridized carbons (Fsp3) is 0.333. The van der Waals surface area contributed by atoms with Gasteiger partial charge in [0.2, 0.25) is 5.91 Å². The largest absolute Gasteiger partial charge is 0.330 e. The zero-order valence-corrected chi connectivity index (χ0v) is 17.9. The van der Waals surface area contributed by atoms with E-state index in [1.807, 2.05) is 17.0 Å². The Morgan fingerprint density at radius 1 is 1.32 bits per heavy atom. The van der Waals surface area contributed by atoms with Crippen LogP contribution in [0.25, 0.3) is 0 Å². The lowest BCUT2D eigenvalue weighted by Gasteiger charge is -2.38. The Labute approximate surface area is 179 Å². The van der Waals surface area contributed by atoms with Gasteiger partial charge in [-0.2, -0.15) is 0 Å². The highest BCUT2D eigenvalue weighted by molar-refractivity contribution is 7.10. The summed E-state index contributed by atoms with van der Waals surface area (Å²) in [6.07, 6.45) is 2.37. The molecule has 28 heavy (non-hydrogen) atoms. The van der Waals surface area contributed by atoms with Gasteiger partial charge in [-0.05, 0) is 41.5 Å². The van der Waals surface area contributed by atoms with E-state index in [1.54, 1.807) is 17.4 Å². The van der Waals surface area contributed by atoms with Crippen molar-refractivity contribution in [2.45, 2.75) is 24.2 Å². The van der Waals surface area contributed by atoms with Gasteiger partial charge in [0.25, 0.3) is 5.91 Å². The Kier molecular flexibility index (Phi) is 6.81. The lowest BCUT2D eigenvalue weighted by molar-refractivity contribution is -0.140. The molecule has 0 fully saturated rings. The maximum Gasteiger partial charge on any atom is 0.256 e. The number of nitrogens with zero attached hydrogens (tertiary/aromatic N) is 2. The van der Waals surface area contributed by atoms with E-state index in [0.717, 1.165) is 23.1 Å². The molecule has 7 heteroatoms. The van der Waals surface area contributed by atoms with Crippen molar-refractivity contribution in [3.8, 4) is 0 Å². The number of benzene rings is 1. The normalized spacial score (nSPS) is 16.0. The van der Waals surface area contributed by atoms with Crippen molar-refractivity contribution in [1.82, 2.24) is 9.80 Å². The van der Waals surface area contributed by atoms with Crippen LogP contribution in [0.3, 0.4) is 0 Å². The topological polar surface area (TPSA) is 40.6 Å². The summed E-state index contributed by atoms with van der Waals surface area (Å²) in [5.41, 5.74) is 3.39. The summed E-state index contributed by atoms with van der Waals surface area (Å²) in [5.74, 6) is -0.619. The maximum atomic E-state index is 13.3. The molecule has 1 aromatic carbocycles. The second-order valence-corrected chi connectivity index (χ2v) is 8.80. The lowest BCUT2D eigenvalue weighted by Crippen LogP contribution is -2.47. The Morgan fingerprint density at radius 2 is 2.07 bits per heavy atom. The van der Waals surface area contributed by atoms with Crippen LogP contribution in [0.5, 0.6) is 0 Å². The Hall–Kier alpha value is -1.82. The molecule has 2 aromatic rings. The molecule has 1 atom stereocenters. The summed E-state index contributed by atoms with van der Waals surface area (Å²) in [6.45, 7) is 6.45. The second kappa shape index (κ2) is 9.12. The van der Waals surface area contributed by atoms with Gasteiger partial charge in [0.1, 0.15) is 6.54 Å². The van der Waals surface area contributed by atoms with Crippen molar-refractivity contribution >= 4 is 46.4 Å². The van der Waals surface area contributed by atoms with Gasteiger partial charge in [-0.25, -0.2) is 0 Å². The van der Waals surface area contributed by atoms with E-state index >= 15 is 0 Å². The van der Waals surface area contributed by atoms with E-state index in [1.165, 1.54) is 9.78 Å². The van der Waals surface area contributed by atoms with Crippen molar-refractivity contribution in [3.05, 3.63) is 69.9 Å². The van der Waals surface area contributed by atoms with E-state index < -0.39 is 10.7 Å². The van der Waals surface area contributed by atoms with Crippen LogP contribution >= 0.6 is 34.5 Å². The van der Waals surface area contributed by atoms with E-state index in [2.05, 4.69) is 37.1 Å². The molecule has 0 spiro atoms. The number of hydrogen-bond acceptors (Lipinski definition) is 3. The molecular formula is C21H22Cl2N2O2S. The SMILES string of the molecule is C=CCN(CC(=O)N1CCc2sccc2C1c1ccccc1C)C(=O)C(Cl)Cl. The van der Waals surface area contributed by atoms with Gasteiger partial charge in [-0.1, -0.05) is 53.5 Å². The summed E-state index contributed by atoms with van der Waals surface area (Å²) in [6, 6.07) is 10.0. The molecule has 4 nitrogen and oxygen atoms in total. The van der Waals surface area contributed by atoms with Crippen molar-refractivity contribution in [2.24, 2.45) is 0 Å². The molecule has 2 amide bonds. The van der Waals surface area contributed by atoms with E-state index in [-0.39, 0.29) is 25.0 Å². The van der Waals surface area contributed by atoms with Crippen LogP contribution < -0.4 is 0 Å². The molecule has 0 bridgehead atoms. The number of carbonyl (C=O) groups excluding carboxylic acids is 2. The van der Waals surface area contributed by atoms with E-state index in [9.17, 15) is 9.59 Å². The van der Waals surface area contributed by atoms with Crippen LogP contribution in [-0.2, 0) is 16.0 Å². The van der Waals surface area contributed by atoms with E-state index in [0.29, 0.717) is 6.54 Å². The Balaban J connectivity index is 1.93. The first-order chi connectivity index (χ1) is 13.4. The zero-order valence-electron chi connectivity index (χ0n) is 15.6. The van der Waals surface area contributed by atoms with Crippen LogP contribution in [0, 0.1) is 6.92 Å². The summed E-state index contributed by atoms with van der Waals surface area (Å²) in [7, 11) is 0. The third-order valence-electron chi connectivity index (χ3n) is 4.94. The van der Waals surface area contributed by atoms with Gasteiger partial charge < -0.3 is 9.80 Å². The predicted octanol–water partition coefficient (Wildman–Crippen LogP) is 4.35. The van der Waals surface area contributed by atoms with Crippen molar-refractivity contribution in [1.29, 1.82) is 0 Å². The first kappa shape index (κ1) is 20.9. The number of carbonyl (C=O) groups is 2. The molecule has 1 unspecified atom stereocenters. The highest BCUT2D eigenvalue weighted by Crippen LogP contribution is 2.39. The molecule has 2 heterocycles. The molecule has 0 saturated heterocycles. The van der Waals surface area contributed by atoms with Gasteiger partial charge in [-0.15, -0.1) is 17.9 Å². The van der Waals surface area contributed by atoms with Gasteiger partial charge in [0.15, 0.2) is 4.84 Å². The van der Waals surface area contributed by atoms with Gasteiger partial charge in [0, 0.05) is 18.0 Å². The molecule has 1 aliphatic rings. The summed E-state index contributed by atoms with van der Waals surface area (Å²) >= 11 is 13.2. The molecular weight excluding hydrogens is 415 g/mol. The predicted molar refractivity (Wildman–Crippen MR) is 115 cm³/mol.